The Kier molecular flexibility index (Phi) is 16.5. The molecule has 0 spiro atoms. The monoisotopic (exact) mass is 771 g/mol. The number of ether oxygens (including phenoxy) is 3. The Labute approximate surface area is 327 Å². The number of ketones is 1. The number of amides is 3. The van der Waals surface area contributed by atoms with E-state index in [1.54, 1.807) is 62.4 Å². The van der Waals surface area contributed by atoms with Crippen LogP contribution in [-0.4, -0.2) is 54.3 Å². The summed E-state index contributed by atoms with van der Waals surface area (Å²) in [5, 5.41) is 7.22. The molecule has 0 aliphatic heterocycles. The number of hydrogen-bond donors (Lipinski definition) is 3. The van der Waals surface area contributed by atoms with E-state index in [4.69, 9.17) is 14.2 Å². The average Bonchev–Trinajstić information content (AvgIpc) is 3.19. The van der Waals surface area contributed by atoms with Crippen molar-refractivity contribution in [2.75, 3.05) is 6.61 Å². The van der Waals surface area contributed by atoms with Crippen LogP contribution >= 0.6 is 0 Å². The number of alkyl carbamates (subject to hydrolysis) is 1. The van der Waals surface area contributed by atoms with Gasteiger partial charge in [0, 0.05) is 6.42 Å². The Bertz CT molecular complexity index is 1830. The summed E-state index contributed by atoms with van der Waals surface area (Å²) in [7, 11) is 0. The highest BCUT2D eigenvalue weighted by atomic mass is 19.3. The van der Waals surface area contributed by atoms with Gasteiger partial charge in [-0.2, -0.15) is 8.78 Å². The maximum Gasteiger partial charge on any atom is 0.408 e. The minimum Gasteiger partial charge on any atom is -0.489 e. The molecule has 3 N–H and O–H groups in total. The first-order chi connectivity index (χ1) is 26.8. The molecule has 298 valence electrons. The predicted molar refractivity (Wildman–Crippen MR) is 209 cm³/mol. The zero-order valence-electron chi connectivity index (χ0n) is 32.2. The van der Waals surface area contributed by atoms with Crippen molar-refractivity contribution in [1.29, 1.82) is 0 Å². The third-order valence-corrected chi connectivity index (χ3v) is 8.80. The number of Topliss-reactive ketones (excluding diaryl/α,β-unsaturated/α-hetero) is 1. The van der Waals surface area contributed by atoms with E-state index < -0.39 is 53.7 Å². The average molecular weight is 772 g/mol. The smallest absolute Gasteiger partial charge is 0.408 e. The molecule has 0 aliphatic rings. The molecule has 4 aromatic carbocycles. The van der Waals surface area contributed by atoms with Crippen molar-refractivity contribution >= 4 is 23.7 Å². The van der Waals surface area contributed by atoms with Gasteiger partial charge in [0.05, 0.1) is 25.3 Å². The number of alkyl halides is 2. The number of hydrogen-bond acceptors (Lipinski definition) is 7. The lowest BCUT2D eigenvalue weighted by Gasteiger charge is -2.28. The van der Waals surface area contributed by atoms with Gasteiger partial charge in [0.25, 0.3) is 5.91 Å². The molecule has 0 aliphatic carbocycles. The lowest BCUT2D eigenvalue weighted by Crippen LogP contribution is -2.60. The second-order valence-electron chi connectivity index (χ2n) is 14.4. The third kappa shape index (κ3) is 13.9. The Balaban J connectivity index is 1.50. The molecular formula is C44H51F2N3O7. The van der Waals surface area contributed by atoms with E-state index in [0.29, 0.717) is 29.9 Å². The fraction of sp³-hybridized carbons (Fsp3) is 0.364. The molecule has 0 heterocycles. The number of benzene rings is 4. The SMILES string of the molecule is CC(C)C[C@H](COCc1ccccc1)NC(=O)C(F)(F)C(=O)[C@H](Cc1ccc(OCc2ccccc2)cc1)NC(=O)[C@@H](NC(=O)OCc1ccccc1)C(C)C. The van der Waals surface area contributed by atoms with Crippen LogP contribution in [0.1, 0.15) is 56.4 Å². The molecule has 0 fully saturated rings. The summed E-state index contributed by atoms with van der Waals surface area (Å²) in [6.07, 6.45) is -0.983. The van der Waals surface area contributed by atoms with E-state index in [9.17, 15) is 19.2 Å². The fourth-order valence-electron chi connectivity index (χ4n) is 5.83. The summed E-state index contributed by atoms with van der Waals surface area (Å²) in [6.45, 7) is 7.40. The summed E-state index contributed by atoms with van der Waals surface area (Å²) in [4.78, 5) is 53.4. The van der Waals surface area contributed by atoms with Crippen molar-refractivity contribution in [3.63, 3.8) is 0 Å². The van der Waals surface area contributed by atoms with Crippen molar-refractivity contribution in [2.24, 2.45) is 11.8 Å². The second kappa shape index (κ2) is 21.5. The molecule has 12 heteroatoms. The minimum atomic E-state index is -4.54. The predicted octanol–water partition coefficient (Wildman–Crippen LogP) is 7.20. The Hall–Kier alpha value is -5.62. The van der Waals surface area contributed by atoms with Crippen LogP contribution < -0.4 is 20.7 Å². The van der Waals surface area contributed by atoms with Gasteiger partial charge >= 0.3 is 12.0 Å². The highest BCUT2D eigenvalue weighted by molar-refractivity contribution is 6.10. The Morgan fingerprint density at radius 3 is 1.71 bits per heavy atom. The number of rotatable bonds is 21. The van der Waals surface area contributed by atoms with E-state index in [0.717, 1.165) is 11.1 Å². The van der Waals surface area contributed by atoms with Crippen LogP contribution in [-0.2, 0) is 50.1 Å². The summed E-state index contributed by atoms with van der Waals surface area (Å²) in [5.41, 5.74) is 2.95. The Morgan fingerprint density at radius 2 is 1.18 bits per heavy atom. The molecule has 56 heavy (non-hydrogen) atoms. The second-order valence-corrected chi connectivity index (χ2v) is 14.4. The zero-order valence-corrected chi connectivity index (χ0v) is 32.2. The summed E-state index contributed by atoms with van der Waals surface area (Å²) in [5.74, 6) is -9.08. The fourth-order valence-corrected chi connectivity index (χ4v) is 5.83. The van der Waals surface area contributed by atoms with Crippen LogP contribution in [0.5, 0.6) is 5.75 Å². The van der Waals surface area contributed by atoms with Gasteiger partial charge in [0.15, 0.2) is 0 Å². The van der Waals surface area contributed by atoms with Crippen molar-refractivity contribution in [1.82, 2.24) is 16.0 Å². The quantitative estimate of drug-likeness (QED) is 0.0765. The first kappa shape index (κ1) is 43.1. The molecule has 0 saturated carbocycles. The molecule has 10 nitrogen and oxygen atoms in total. The van der Waals surface area contributed by atoms with Crippen LogP contribution in [0.25, 0.3) is 0 Å². The molecule has 3 amide bonds. The van der Waals surface area contributed by atoms with Crippen LogP contribution in [0.2, 0.25) is 0 Å². The maximum atomic E-state index is 16.0. The van der Waals surface area contributed by atoms with Crippen LogP contribution in [0.3, 0.4) is 0 Å². The lowest BCUT2D eigenvalue weighted by atomic mass is 9.96. The largest absolute Gasteiger partial charge is 0.489 e. The molecule has 0 unspecified atom stereocenters. The molecule has 0 bridgehead atoms. The maximum absolute atomic E-state index is 16.0. The van der Waals surface area contributed by atoms with Gasteiger partial charge in [-0.3, -0.25) is 14.4 Å². The van der Waals surface area contributed by atoms with Crippen molar-refractivity contribution in [3.8, 4) is 5.75 Å². The van der Waals surface area contributed by atoms with Gasteiger partial charge in [-0.15, -0.1) is 0 Å². The Morgan fingerprint density at radius 1 is 0.643 bits per heavy atom. The first-order valence-corrected chi connectivity index (χ1v) is 18.7. The molecule has 0 radical (unpaired) electrons. The highest BCUT2D eigenvalue weighted by Crippen LogP contribution is 2.23. The molecule has 0 saturated heterocycles. The minimum absolute atomic E-state index is 0.0106. The topological polar surface area (TPSA) is 132 Å². The van der Waals surface area contributed by atoms with E-state index in [2.05, 4.69) is 16.0 Å². The number of halogens is 2. The molecule has 4 aromatic rings. The van der Waals surface area contributed by atoms with Crippen molar-refractivity contribution in [3.05, 3.63) is 138 Å². The van der Waals surface area contributed by atoms with Crippen LogP contribution in [0.4, 0.5) is 13.6 Å². The number of nitrogens with one attached hydrogen (secondary N) is 3. The normalized spacial score (nSPS) is 13.0. The van der Waals surface area contributed by atoms with E-state index in [1.165, 1.54) is 0 Å². The zero-order chi connectivity index (χ0) is 40.5. The highest BCUT2D eigenvalue weighted by Gasteiger charge is 2.51. The van der Waals surface area contributed by atoms with Gasteiger partial charge in [-0.1, -0.05) is 131 Å². The lowest BCUT2D eigenvalue weighted by molar-refractivity contribution is -0.161. The van der Waals surface area contributed by atoms with Gasteiger partial charge in [-0.05, 0) is 52.6 Å². The summed E-state index contributed by atoms with van der Waals surface area (Å²) >= 11 is 0. The van der Waals surface area contributed by atoms with Gasteiger partial charge in [0.1, 0.15) is 25.0 Å². The van der Waals surface area contributed by atoms with E-state index >= 15 is 8.78 Å². The first-order valence-electron chi connectivity index (χ1n) is 18.7. The van der Waals surface area contributed by atoms with Crippen molar-refractivity contribution < 1.29 is 42.2 Å². The van der Waals surface area contributed by atoms with E-state index in [1.807, 2.05) is 80.6 Å². The summed E-state index contributed by atoms with van der Waals surface area (Å²) in [6, 6.07) is 30.1. The van der Waals surface area contributed by atoms with Crippen LogP contribution in [0.15, 0.2) is 115 Å². The van der Waals surface area contributed by atoms with Crippen LogP contribution in [0, 0.1) is 11.8 Å². The van der Waals surface area contributed by atoms with Gasteiger partial charge in [0.2, 0.25) is 11.7 Å². The molecular weight excluding hydrogens is 720 g/mol. The van der Waals surface area contributed by atoms with Gasteiger partial charge < -0.3 is 30.2 Å². The standard InChI is InChI=1S/C44H51F2N3O7/c1-30(2)24-36(29-54-26-33-14-8-5-9-15-33)47-42(52)44(45,46)40(50)38(25-32-20-22-37(23-21-32)55-27-34-16-10-6-11-17-34)48-41(51)39(31(3)4)49-43(53)56-28-35-18-12-7-13-19-35/h5-23,30-31,36,38-39H,24-29H2,1-4H3,(H,47,52)(H,48,51)(H,49,53)/t36-,38+,39+/m1/s1. The third-order valence-electron chi connectivity index (χ3n) is 8.80. The van der Waals surface area contributed by atoms with E-state index in [-0.39, 0.29) is 32.2 Å². The molecule has 0 aromatic heterocycles. The summed E-state index contributed by atoms with van der Waals surface area (Å²) < 4.78 is 48.9. The number of carbonyl (C=O) groups is 4. The molecule has 3 atom stereocenters. The molecule has 4 rings (SSSR count). The van der Waals surface area contributed by atoms with Gasteiger partial charge in [-0.25, -0.2) is 4.79 Å². The van der Waals surface area contributed by atoms with Crippen molar-refractivity contribution in [2.45, 2.75) is 84.4 Å². The number of carbonyl (C=O) groups excluding carboxylic acids is 4.